The lowest BCUT2D eigenvalue weighted by atomic mass is 9.74. The van der Waals surface area contributed by atoms with Crippen molar-refractivity contribution >= 4 is 23.4 Å². The molecule has 0 aliphatic carbocycles. The number of piperidine rings is 1. The molecule has 2 aromatic carbocycles. The van der Waals surface area contributed by atoms with Crippen LogP contribution in [-0.2, 0) is 5.41 Å². The first-order valence-electron chi connectivity index (χ1n) is 8.73. The fourth-order valence-corrected chi connectivity index (χ4v) is 4.11. The van der Waals surface area contributed by atoms with Crippen molar-refractivity contribution in [2.45, 2.75) is 18.3 Å². The standard InChI is InChI=1S/C21H23ClN2/c22-18-9-7-17(8-10-18)4-3-13-24-14-11-21(12-15-24)16-23-20-6-2-1-5-19(20)21/h1-10,23H,11-16H2/b4-3+. The number of hydrogen-bond donors (Lipinski definition) is 1. The van der Waals surface area contributed by atoms with Gasteiger partial charge in [0, 0.05) is 29.2 Å². The number of halogens is 1. The normalized spacial score (nSPS) is 19.5. The molecule has 1 fully saturated rings. The highest BCUT2D eigenvalue weighted by Gasteiger charge is 2.40. The third-order valence-electron chi connectivity index (χ3n) is 5.47. The molecule has 1 saturated heterocycles. The van der Waals surface area contributed by atoms with Crippen LogP contribution in [0.25, 0.3) is 6.08 Å². The van der Waals surface area contributed by atoms with E-state index < -0.39 is 0 Å². The molecule has 0 atom stereocenters. The maximum absolute atomic E-state index is 5.93. The van der Waals surface area contributed by atoms with E-state index in [9.17, 15) is 0 Å². The summed E-state index contributed by atoms with van der Waals surface area (Å²) in [7, 11) is 0. The molecule has 2 nitrogen and oxygen atoms in total. The number of benzene rings is 2. The third-order valence-corrected chi connectivity index (χ3v) is 5.72. The minimum absolute atomic E-state index is 0.354. The van der Waals surface area contributed by atoms with E-state index in [2.05, 4.69) is 58.8 Å². The van der Waals surface area contributed by atoms with Crippen molar-refractivity contribution in [3.8, 4) is 0 Å². The van der Waals surface area contributed by atoms with E-state index in [0.29, 0.717) is 5.41 Å². The van der Waals surface area contributed by atoms with Gasteiger partial charge in [0.25, 0.3) is 0 Å². The zero-order chi connectivity index (χ0) is 16.4. The fraction of sp³-hybridized carbons (Fsp3) is 0.333. The monoisotopic (exact) mass is 338 g/mol. The van der Waals surface area contributed by atoms with E-state index in [-0.39, 0.29) is 0 Å². The molecule has 0 radical (unpaired) electrons. The van der Waals surface area contributed by atoms with Crippen LogP contribution in [-0.4, -0.2) is 31.1 Å². The second-order valence-corrected chi connectivity index (χ2v) is 7.37. The van der Waals surface area contributed by atoms with E-state index in [1.165, 1.54) is 42.7 Å². The van der Waals surface area contributed by atoms with Crippen molar-refractivity contribution < 1.29 is 0 Å². The second-order valence-electron chi connectivity index (χ2n) is 6.93. The molecule has 1 spiro atoms. The molecule has 0 unspecified atom stereocenters. The van der Waals surface area contributed by atoms with E-state index in [1.54, 1.807) is 0 Å². The predicted octanol–water partition coefficient (Wildman–Crippen LogP) is 4.81. The molecule has 0 aromatic heterocycles. The van der Waals surface area contributed by atoms with Crippen molar-refractivity contribution in [3.05, 3.63) is 70.8 Å². The molecule has 24 heavy (non-hydrogen) atoms. The van der Waals surface area contributed by atoms with E-state index in [0.717, 1.165) is 18.1 Å². The van der Waals surface area contributed by atoms with E-state index in [4.69, 9.17) is 11.6 Å². The van der Waals surface area contributed by atoms with Crippen molar-refractivity contribution in [1.29, 1.82) is 0 Å². The Morgan fingerprint density at radius 1 is 1.04 bits per heavy atom. The highest BCUT2D eigenvalue weighted by molar-refractivity contribution is 6.30. The summed E-state index contributed by atoms with van der Waals surface area (Å²) in [6.45, 7) is 4.45. The molecule has 1 N–H and O–H groups in total. The van der Waals surface area contributed by atoms with Gasteiger partial charge in [-0.1, -0.05) is 54.1 Å². The van der Waals surface area contributed by atoms with Gasteiger partial charge in [-0.15, -0.1) is 0 Å². The maximum Gasteiger partial charge on any atom is 0.0406 e. The molecular formula is C21H23ClN2. The Kier molecular flexibility index (Phi) is 4.34. The van der Waals surface area contributed by atoms with Gasteiger partial charge < -0.3 is 5.32 Å². The summed E-state index contributed by atoms with van der Waals surface area (Å²) in [5.41, 5.74) is 4.43. The van der Waals surface area contributed by atoms with Crippen molar-refractivity contribution in [2.75, 3.05) is 31.5 Å². The van der Waals surface area contributed by atoms with Gasteiger partial charge in [0.15, 0.2) is 0 Å². The van der Waals surface area contributed by atoms with Crippen LogP contribution in [0.3, 0.4) is 0 Å². The number of nitrogens with zero attached hydrogens (tertiary/aromatic N) is 1. The van der Waals surface area contributed by atoms with Gasteiger partial charge in [0.05, 0.1) is 0 Å². The lowest BCUT2D eigenvalue weighted by molar-refractivity contribution is 0.184. The van der Waals surface area contributed by atoms with Crippen LogP contribution >= 0.6 is 11.6 Å². The van der Waals surface area contributed by atoms with Gasteiger partial charge in [-0.25, -0.2) is 0 Å². The van der Waals surface area contributed by atoms with Crippen molar-refractivity contribution in [1.82, 2.24) is 4.90 Å². The molecule has 2 aliphatic rings. The molecule has 3 heteroatoms. The quantitative estimate of drug-likeness (QED) is 0.863. The van der Waals surface area contributed by atoms with Gasteiger partial charge in [0.1, 0.15) is 0 Å². The first-order valence-corrected chi connectivity index (χ1v) is 9.11. The minimum atomic E-state index is 0.354. The number of likely N-dealkylation sites (tertiary alicyclic amines) is 1. The van der Waals surface area contributed by atoms with Gasteiger partial charge in [-0.2, -0.15) is 0 Å². The number of nitrogens with one attached hydrogen (secondary N) is 1. The maximum atomic E-state index is 5.93. The summed E-state index contributed by atoms with van der Waals surface area (Å²) >= 11 is 5.93. The lowest BCUT2D eigenvalue weighted by Gasteiger charge is -2.39. The Balaban J connectivity index is 1.35. The largest absolute Gasteiger partial charge is 0.384 e. The Labute approximate surface area is 149 Å². The van der Waals surface area contributed by atoms with Crippen LogP contribution in [0.15, 0.2) is 54.6 Å². The second kappa shape index (κ2) is 6.62. The summed E-state index contributed by atoms with van der Waals surface area (Å²) in [5.74, 6) is 0. The van der Waals surface area contributed by atoms with Gasteiger partial charge in [-0.3, -0.25) is 4.90 Å². The van der Waals surface area contributed by atoms with Crippen LogP contribution in [0.1, 0.15) is 24.0 Å². The Hall–Kier alpha value is -1.77. The van der Waals surface area contributed by atoms with Crippen LogP contribution in [0.5, 0.6) is 0 Å². The van der Waals surface area contributed by atoms with Crippen molar-refractivity contribution in [3.63, 3.8) is 0 Å². The molecule has 2 aromatic rings. The summed E-state index contributed by atoms with van der Waals surface area (Å²) in [5, 5.41) is 4.39. The predicted molar refractivity (Wildman–Crippen MR) is 103 cm³/mol. The summed E-state index contributed by atoms with van der Waals surface area (Å²) in [6, 6.07) is 16.8. The molecule has 2 aliphatic heterocycles. The highest BCUT2D eigenvalue weighted by Crippen LogP contribution is 2.43. The van der Waals surface area contributed by atoms with Crippen LogP contribution in [0.2, 0.25) is 5.02 Å². The molecule has 0 amide bonds. The molecule has 0 saturated carbocycles. The van der Waals surface area contributed by atoms with Crippen LogP contribution < -0.4 is 5.32 Å². The summed E-state index contributed by atoms with van der Waals surface area (Å²) in [6.07, 6.45) is 6.94. The molecule has 124 valence electrons. The lowest BCUT2D eigenvalue weighted by Crippen LogP contribution is -2.43. The van der Waals surface area contributed by atoms with E-state index in [1.807, 2.05) is 12.1 Å². The Morgan fingerprint density at radius 3 is 2.58 bits per heavy atom. The van der Waals surface area contributed by atoms with Crippen LogP contribution in [0.4, 0.5) is 5.69 Å². The van der Waals surface area contributed by atoms with Crippen molar-refractivity contribution in [2.24, 2.45) is 0 Å². The SMILES string of the molecule is Clc1ccc(/C=C/CN2CCC3(CC2)CNc2ccccc23)cc1. The number of anilines is 1. The molecule has 4 rings (SSSR count). The number of rotatable bonds is 3. The number of fused-ring (bicyclic) bond motifs is 2. The van der Waals surface area contributed by atoms with Gasteiger partial charge >= 0.3 is 0 Å². The zero-order valence-corrected chi connectivity index (χ0v) is 14.6. The number of para-hydroxylation sites is 1. The summed E-state index contributed by atoms with van der Waals surface area (Å²) < 4.78 is 0. The van der Waals surface area contributed by atoms with Gasteiger partial charge in [0.2, 0.25) is 0 Å². The fourth-order valence-electron chi connectivity index (χ4n) is 3.98. The van der Waals surface area contributed by atoms with E-state index >= 15 is 0 Å². The Morgan fingerprint density at radius 2 is 1.79 bits per heavy atom. The zero-order valence-electron chi connectivity index (χ0n) is 13.8. The summed E-state index contributed by atoms with van der Waals surface area (Å²) in [4.78, 5) is 2.55. The third kappa shape index (κ3) is 3.09. The number of hydrogen-bond acceptors (Lipinski definition) is 2. The first-order chi connectivity index (χ1) is 11.8. The topological polar surface area (TPSA) is 15.3 Å². The van der Waals surface area contributed by atoms with Crippen LogP contribution in [0, 0.1) is 0 Å². The average Bonchev–Trinajstić information content (AvgIpc) is 2.97. The molecule has 0 bridgehead atoms. The molecule has 2 heterocycles. The van der Waals surface area contributed by atoms with Gasteiger partial charge in [-0.05, 0) is 55.3 Å². The smallest absolute Gasteiger partial charge is 0.0406 e. The first kappa shape index (κ1) is 15.7. The Bertz CT molecular complexity index is 728. The minimum Gasteiger partial charge on any atom is -0.384 e. The molecular weight excluding hydrogens is 316 g/mol. The highest BCUT2D eigenvalue weighted by atomic mass is 35.5. The average molecular weight is 339 g/mol.